The fraction of sp³-hybridized carbons (Fsp3) is 0.214. The highest BCUT2D eigenvalue weighted by molar-refractivity contribution is 5.33. The van der Waals surface area contributed by atoms with Crippen LogP contribution >= 0.6 is 0 Å². The van der Waals surface area contributed by atoms with Crippen molar-refractivity contribution >= 4 is 5.82 Å². The number of benzene rings is 1. The molecule has 17 heavy (non-hydrogen) atoms. The second-order valence-electron chi connectivity index (χ2n) is 4.18. The van der Waals surface area contributed by atoms with E-state index in [1.165, 1.54) is 5.56 Å². The minimum atomic E-state index is -0.0292. The monoisotopic (exact) mass is 228 g/mol. The summed E-state index contributed by atoms with van der Waals surface area (Å²) in [5.41, 5.74) is 7.93. The second-order valence-corrected chi connectivity index (χ2v) is 4.18. The molecule has 2 aromatic rings. The Balaban J connectivity index is 2.18. The maximum Gasteiger partial charge on any atom is 0.252 e. The summed E-state index contributed by atoms with van der Waals surface area (Å²) in [5, 5.41) is 0. The molecule has 0 saturated carbocycles. The minimum absolute atomic E-state index is 0.0292. The fourth-order valence-corrected chi connectivity index (χ4v) is 1.88. The third-order valence-electron chi connectivity index (χ3n) is 2.77. The van der Waals surface area contributed by atoms with Gasteiger partial charge in [0, 0.05) is 12.6 Å². The molecule has 1 aromatic carbocycles. The van der Waals surface area contributed by atoms with Crippen molar-refractivity contribution in [3.63, 3.8) is 0 Å². The number of hydrogen-bond donors (Lipinski definition) is 1. The Hall–Kier alpha value is -2.03. The standard InChI is InChI=1S/C14H16N2O/c1-11-9-13(15)16(14(17)10-11)8-7-12-5-3-2-4-6-12/h2-6,9-10H,7-8,15H2,1H3. The van der Waals surface area contributed by atoms with Crippen molar-refractivity contribution in [3.05, 3.63) is 63.9 Å². The van der Waals surface area contributed by atoms with Crippen LogP contribution in [-0.2, 0) is 13.0 Å². The molecule has 0 aliphatic heterocycles. The number of anilines is 1. The first kappa shape index (κ1) is 11.5. The Morgan fingerprint density at radius 3 is 2.53 bits per heavy atom. The van der Waals surface area contributed by atoms with Crippen LogP contribution in [0.2, 0.25) is 0 Å². The summed E-state index contributed by atoms with van der Waals surface area (Å²) in [6.07, 6.45) is 0.813. The van der Waals surface area contributed by atoms with Gasteiger partial charge >= 0.3 is 0 Å². The van der Waals surface area contributed by atoms with Gasteiger partial charge in [0.15, 0.2) is 0 Å². The summed E-state index contributed by atoms with van der Waals surface area (Å²) >= 11 is 0. The Labute approximate surface area is 101 Å². The molecule has 0 aliphatic carbocycles. The van der Waals surface area contributed by atoms with Crippen molar-refractivity contribution < 1.29 is 0 Å². The van der Waals surface area contributed by atoms with Crippen LogP contribution in [0.1, 0.15) is 11.1 Å². The highest BCUT2D eigenvalue weighted by atomic mass is 16.1. The zero-order valence-electron chi connectivity index (χ0n) is 9.89. The Morgan fingerprint density at radius 2 is 1.88 bits per heavy atom. The molecule has 88 valence electrons. The highest BCUT2D eigenvalue weighted by Crippen LogP contribution is 2.06. The van der Waals surface area contributed by atoms with Crippen LogP contribution < -0.4 is 11.3 Å². The molecular weight excluding hydrogens is 212 g/mol. The molecule has 0 fully saturated rings. The van der Waals surface area contributed by atoms with Gasteiger partial charge in [-0.25, -0.2) is 0 Å². The van der Waals surface area contributed by atoms with Gasteiger partial charge in [-0.15, -0.1) is 0 Å². The molecule has 0 spiro atoms. The molecule has 3 nitrogen and oxygen atoms in total. The van der Waals surface area contributed by atoms with E-state index >= 15 is 0 Å². The average molecular weight is 228 g/mol. The molecule has 2 N–H and O–H groups in total. The summed E-state index contributed by atoms with van der Waals surface area (Å²) in [5.74, 6) is 0.533. The van der Waals surface area contributed by atoms with Gasteiger partial charge < -0.3 is 5.73 Å². The summed E-state index contributed by atoms with van der Waals surface area (Å²) < 4.78 is 1.61. The molecule has 0 atom stereocenters. The van der Waals surface area contributed by atoms with Gasteiger partial charge in [-0.05, 0) is 30.5 Å². The number of nitrogens with zero attached hydrogens (tertiary/aromatic N) is 1. The lowest BCUT2D eigenvalue weighted by atomic mass is 10.1. The topological polar surface area (TPSA) is 48.0 Å². The molecule has 0 aliphatic rings. The van der Waals surface area contributed by atoms with E-state index in [0.29, 0.717) is 12.4 Å². The molecule has 3 heteroatoms. The van der Waals surface area contributed by atoms with Crippen LogP contribution in [-0.4, -0.2) is 4.57 Å². The first-order valence-electron chi connectivity index (χ1n) is 5.68. The van der Waals surface area contributed by atoms with Crippen LogP contribution in [0.4, 0.5) is 5.82 Å². The number of aryl methyl sites for hydroxylation is 2. The number of aromatic nitrogens is 1. The number of nitrogen functional groups attached to an aromatic ring is 1. The number of pyridine rings is 1. The van der Waals surface area contributed by atoms with Gasteiger partial charge in [-0.2, -0.15) is 0 Å². The van der Waals surface area contributed by atoms with E-state index in [9.17, 15) is 4.79 Å². The van der Waals surface area contributed by atoms with Gasteiger partial charge in [-0.3, -0.25) is 9.36 Å². The molecule has 1 aromatic heterocycles. The average Bonchev–Trinajstić information content (AvgIpc) is 2.29. The van der Waals surface area contributed by atoms with Gasteiger partial charge in [0.2, 0.25) is 0 Å². The predicted molar refractivity (Wildman–Crippen MR) is 70.0 cm³/mol. The van der Waals surface area contributed by atoms with Gasteiger partial charge in [0.1, 0.15) is 5.82 Å². The number of rotatable bonds is 3. The normalized spacial score (nSPS) is 10.4. The van der Waals surface area contributed by atoms with Gasteiger partial charge in [0.25, 0.3) is 5.56 Å². The summed E-state index contributed by atoms with van der Waals surface area (Å²) in [7, 11) is 0. The third-order valence-corrected chi connectivity index (χ3v) is 2.77. The molecule has 0 radical (unpaired) electrons. The summed E-state index contributed by atoms with van der Waals surface area (Å²) in [6.45, 7) is 2.49. The van der Waals surface area contributed by atoms with E-state index in [0.717, 1.165) is 12.0 Å². The molecule has 0 bridgehead atoms. The van der Waals surface area contributed by atoms with Crippen molar-refractivity contribution in [2.45, 2.75) is 19.9 Å². The zero-order chi connectivity index (χ0) is 12.3. The Morgan fingerprint density at radius 1 is 1.18 bits per heavy atom. The molecule has 0 unspecified atom stereocenters. The van der Waals surface area contributed by atoms with E-state index in [2.05, 4.69) is 12.1 Å². The van der Waals surface area contributed by atoms with Crippen molar-refractivity contribution in [3.8, 4) is 0 Å². The third kappa shape index (κ3) is 2.75. The molecule has 1 heterocycles. The predicted octanol–water partition coefficient (Wildman–Crippen LogP) is 1.98. The molecule has 2 rings (SSSR count). The van der Waals surface area contributed by atoms with Crippen LogP contribution in [0.3, 0.4) is 0 Å². The lowest BCUT2D eigenvalue weighted by molar-refractivity contribution is 0.678. The van der Waals surface area contributed by atoms with E-state index in [1.807, 2.05) is 31.2 Å². The van der Waals surface area contributed by atoms with Crippen molar-refractivity contribution in [1.82, 2.24) is 4.57 Å². The largest absolute Gasteiger partial charge is 0.385 e. The molecule has 0 saturated heterocycles. The van der Waals surface area contributed by atoms with E-state index < -0.39 is 0 Å². The number of nitrogens with two attached hydrogens (primary N) is 1. The van der Waals surface area contributed by atoms with Gasteiger partial charge in [-0.1, -0.05) is 30.3 Å². The summed E-state index contributed by atoms with van der Waals surface area (Å²) in [4.78, 5) is 11.8. The lowest BCUT2D eigenvalue weighted by Gasteiger charge is -2.09. The first-order valence-corrected chi connectivity index (χ1v) is 5.68. The van der Waals surface area contributed by atoms with E-state index in [-0.39, 0.29) is 5.56 Å². The van der Waals surface area contributed by atoms with E-state index in [1.54, 1.807) is 10.6 Å². The van der Waals surface area contributed by atoms with Crippen molar-refractivity contribution in [2.75, 3.05) is 5.73 Å². The second kappa shape index (κ2) is 4.87. The fourth-order valence-electron chi connectivity index (χ4n) is 1.88. The van der Waals surface area contributed by atoms with Crippen molar-refractivity contribution in [2.24, 2.45) is 0 Å². The minimum Gasteiger partial charge on any atom is -0.385 e. The molecular formula is C14H16N2O. The highest BCUT2D eigenvalue weighted by Gasteiger charge is 2.02. The van der Waals surface area contributed by atoms with Gasteiger partial charge in [0.05, 0.1) is 0 Å². The van der Waals surface area contributed by atoms with Crippen molar-refractivity contribution in [1.29, 1.82) is 0 Å². The SMILES string of the molecule is Cc1cc(N)n(CCc2ccccc2)c(=O)c1. The molecule has 0 amide bonds. The first-order chi connectivity index (χ1) is 8.16. The van der Waals surface area contributed by atoms with Crippen LogP contribution in [0, 0.1) is 6.92 Å². The quantitative estimate of drug-likeness (QED) is 0.873. The smallest absolute Gasteiger partial charge is 0.252 e. The van der Waals surface area contributed by atoms with Crippen LogP contribution in [0.15, 0.2) is 47.3 Å². The Kier molecular flexibility index (Phi) is 3.28. The summed E-state index contributed by atoms with van der Waals surface area (Å²) in [6, 6.07) is 13.5. The zero-order valence-corrected chi connectivity index (χ0v) is 9.89. The van der Waals surface area contributed by atoms with Crippen LogP contribution in [0.5, 0.6) is 0 Å². The van der Waals surface area contributed by atoms with Crippen LogP contribution in [0.25, 0.3) is 0 Å². The lowest BCUT2D eigenvalue weighted by Crippen LogP contribution is -2.23. The number of hydrogen-bond acceptors (Lipinski definition) is 2. The maximum absolute atomic E-state index is 11.8. The van der Waals surface area contributed by atoms with E-state index in [4.69, 9.17) is 5.73 Å². The Bertz CT molecular complexity index is 558. The maximum atomic E-state index is 11.8.